The number of methoxy groups -OCH3 is 1. The van der Waals surface area contributed by atoms with Crippen molar-refractivity contribution < 1.29 is 14.6 Å². The number of hydrogen-bond acceptors (Lipinski definition) is 2. The van der Waals surface area contributed by atoms with Gasteiger partial charge in [0.1, 0.15) is 0 Å². The van der Waals surface area contributed by atoms with E-state index < -0.39 is 5.97 Å². The van der Waals surface area contributed by atoms with Gasteiger partial charge in [-0.2, -0.15) is 0 Å². The van der Waals surface area contributed by atoms with Crippen molar-refractivity contribution in [1.29, 1.82) is 0 Å². The lowest BCUT2D eigenvalue weighted by atomic mass is 9.84. The maximum Gasteiger partial charge on any atom is 0.306 e. The van der Waals surface area contributed by atoms with E-state index >= 15 is 0 Å². The minimum atomic E-state index is -0.626. The Morgan fingerprint density at radius 2 is 2.00 bits per heavy atom. The van der Waals surface area contributed by atoms with Crippen LogP contribution in [0.1, 0.15) is 52.4 Å². The number of ether oxygens (including phenoxy) is 1. The van der Waals surface area contributed by atoms with Crippen LogP contribution in [0.25, 0.3) is 0 Å². The molecule has 0 aromatic carbocycles. The molecule has 0 radical (unpaired) electrons. The Kier molecular flexibility index (Phi) is 4.78. The predicted octanol–water partition coefficient (Wildman–Crippen LogP) is 3.08. The largest absolute Gasteiger partial charge is 0.481 e. The molecule has 1 fully saturated rings. The molecule has 94 valence electrons. The smallest absolute Gasteiger partial charge is 0.306 e. The molecule has 1 atom stereocenters. The monoisotopic (exact) mass is 228 g/mol. The first kappa shape index (κ1) is 13.5. The zero-order valence-corrected chi connectivity index (χ0v) is 10.7. The summed E-state index contributed by atoms with van der Waals surface area (Å²) in [7, 11) is 1.69. The SMILES string of the molecule is COC(C)(C)CCC(C(=O)O)C1CCCC1. The number of hydrogen-bond donors (Lipinski definition) is 1. The molecule has 3 heteroatoms. The molecule has 0 amide bonds. The Morgan fingerprint density at radius 1 is 1.44 bits per heavy atom. The summed E-state index contributed by atoms with van der Waals surface area (Å²) >= 11 is 0. The van der Waals surface area contributed by atoms with Crippen LogP contribution < -0.4 is 0 Å². The third kappa shape index (κ3) is 3.78. The van der Waals surface area contributed by atoms with Crippen molar-refractivity contribution >= 4 is 5.97 Å². The molecule has 1 saturated carbocycles. The quantitative estimate of drug-likeness (QED) is 0.760. The zero-order chi connectivity index (χ0) is 12.2. The van der Waals surface area contributed by atoms with E-state index in [1.54, 1.807) is 7.11 Å². The van der Waals surface area contributed by atoms with E-state index in [1.807, 2.05) is 13.8 Å². The maximum atomic E-state index is 11.3. The summed E-state index contributed by atoms with van der Waals surface area (Å²) in [4.78, 5) is 11.3. The van der Waals surface area contributed by atoms with Crippen molar-refractivity contribution in [2.24, 2.45) is 11.8 Å². The molecule has 0 saturated heterocycles. The van der Waals surface area contributed by atoms with Crippen LogP contribution in [-0.2, 0) is 9.53 Å². The van der Waals surface area contributed by atoms with Gasteiger partial charge in [0.25, 0.3) is 0 Å². The van der Waals surface area contributed by atoms with Crippen molar-refractivity contribution in [2.75, 3.05) is 7.11 Å². The molecule has 1 aliphatic rings. The molecule has 0 aliphatic heterocycles. The second-order valence-corrected chi connectivity index (χ2v) is 5.49. The van der Waals surface area contributed by atoms with Crippen LogP contribution in [0, 0.1) is 11.8 Å². The summed E-state index contributed by atoms with van der Waals surface area (Å²) in [5.74, 6) is -0.402. The first-order valence-electron chi connectivity index (χ1n) is 6.24. The fourth-order valence-electron chi connectivity index (χ4n) is 2.53. The fourth-order valence-corrected chi connectivity index (χ4v) is 2.53. The molecular weight excluding hydrogens is 204 g/mol. The Hall–Kier alpha value is -0.570. The van der Waals surface area contributed by atoms with Gasteiger partial charge in [-0.15, -0.1) is 0 Å². The fraction of sp³-hybridized carbons (Fsp3) is 0.923. The van der Waals surface area contributed by atoms with Crippen LogP contribution in [0.3, 0.4) is 0 Å². The van der Waals surface area contributed by atoms with Gasteiger partial charge in [-0.05, 0) is 45.4 Å². The number of carboxylic acid groups (broad SMARTS) is 1. The zero-order valence-electron chi connectivity index (χ0n) is 10.7. The second kappa shape index (κ2) is 5.67. The van der Waals surface area contributed by atoms with Gasteiger partial charge < -0.3 is 9.84 Å². The second-order valence-electron chi connectivity index (χ2n) is 5.49. The van der Waals surface area contributed by atoms with Gasteiger partial charge in [-0.1, -0.05) is 12.8 Å². The van der Waals surface area contributed by atoms with Crippen LogP contribution in [0.15, 0.2) is 0 Å². The summed E-state index contributed by atoms with van der Waals surface area (Å²) in [5.41, 5.74) is -0.202. The predicted molar refractivity (Wildman–Crippen MR) is 63.4 cm³/mol. The number of carboxylic acids is 1. The third-order valence-corrected chi connectivity index (χ3v) is 3.90. The van der Waals surface area contributed by atoms with E-state index in [0.717, 1.165) is 25.7 Å². The molecular formula is C13H24O3. The van der Waals surface area contributed by atoms with E-state index in [2.05, 4.69) is 0 Å². The van der Waals surface area contributed by atoms with Crippen molar-refractivity contribution in [2.45, 2.75) is 58.0 Å². The van der Waals surface area contributed by atoms with Crippen molar-refractivity contribution in [3.05, 3.63) is 0 Å². The molecule has 3 nitrogen and oxygen atoms in total. The van der Waals surface area contributed by atoms with Gasteiger partial charge in [-0.3, -0.25) is 4.79 Å². The Bertz CT molecular complexity index is 229. The van der Waals surface area contributed by atoms with Gasteiger partial charge in [-0.25, -0.2) is 0 Å². The molecule has 1 aliphatic carbocycles. The minimum absolute atomic E-state index is 0.170. The average Bonchev–Trinajstić information content (AvgIpc) is 2.71. The molecule has 16 heavy (non-hydrogen) atoms. The van der Waals surface area contributed by atoms with E-state index in [4.69, 9.17) is 4.74 Å². The van der Waals surface area contributed by atoms with Crippen molar-refractivity contribution in [1.82, 2.24) is 0 Å². The third-order valence-electron chi connectivity index (χ3n) is 3.90. The van der Waals surface area contributed by atoms with Crippen LogP contribution in [0.5, 0.6) is 0 Å². The highest BCUT2D eigenvalue weighted by Crippen LogP contribution is 2.35. The lowest BCUT2D eigenvalue weighted by Crippen LogP contribution is -2.28. The van der Waals surface area contributed by atoms with E-state index in [1.165, 1.54) is 12.8 Å². The maximum absolute atomic E-state index is 11.3. The van der Waals surface area contributed by atoms with Gasteiger partial charge in [0.2, 0.25) is 0 Å². The van der Waals surface area contributed by atoms with Gasteiger partial charge in [0.15, 0.2) is 0 Å². The van der Waals surface area contributed by atoms with Crippen LogP contribution in [-0.4, -0.2) is 23.8 Å². The van der Waals surface area contributed by atoms with Crippen LogP contribution >= 0.6 is 0 Å². The molecule has 1 N–H and O–H groups in total. The summed E-state index contributed by atoms with van der Waals surface area (Å²) in [6.45, 7) is 4.03. The highest BCUT2D eigenvalue weighted by atomic mass is 16.5. The lowest BCUT2D eigenvalue weighted by Gasteiger charge is -2.26. The van der Waals surface area contributed by atoms with Crippen LogP contribution in [0.4, 0.5) is 0 Å². The van der Waals surface area contributed by atoms with Crippen molar-refractivity contribution in [3.8, 4) is 0 Å². The lowest BCUT2D eigenvalue weighted by molar-refractivity contribution is -0.144. The van der Waals surface area contributed by atoms with Gasteiger partial charge >= 0.3 is 5.97 Å². The first-order chi connectivity index (χ1) is 7.46. The molecule has 0 heterocycles. The molecule has 1 rings (SSSR count). The normalized spacial score (nSPS) is 19.9. The summed E-state index contributed by atoms with van der Waals surface area (Å²) in [6, 6.07) is 0. The number of aliphatic carboxylic acids is 1. The molecule has 0 aromatic heterocycles. The van der Waals surface area contributed by atoms with E-state index in [9.17, 15) is 9.90 Å². The van der Waals surface area contributed by atoms with Gasteiger partial charge in [0, 0.05) is 7.11 Å². The first-order valence-corrected chi connectivity index (χ1v) is 6.24. The topological polar surface area (TPSA) is 46.5 Å². The van der Waals surface area contributed by atoms with Crippen molar-refractivity contribution in [3.63, 3.8) is 0 Å². The molecule has 0 aromatic rings. The number of rotatable bonds is 6. The summed E-state index contributed by atoms with van der Waals surface area (Å²) in [5, 5.41) is 9.26. The Morgan fingerprint density at radius 3 is 2.44 bits per heavy atom. The highest BCUT2D eigenvalue weighted by Gasteiger charge is 2.31. The van der Waals surface area contributed by atoms with Gasteiger partial charge in [0.05, 0.1) is 11.5 Å². The number of carbonyl (C=O) groups is 1. The standard InChI is InChI=1S/C13H24O3/c1-13(2,16-3)9-8-11(12(14)15)10-6-4-5-7-10/h10-11H,4-9H2,1-3H3,(H,14,15). The summed E-state index contributed by atoms with van der Waals surface area (Å²) < 4.78 is 5.34. The Labute approximate surface area is 98.2 Å². The average molecular weight is 228 g/mol. The summed E-state index contributed by atoms with van der Waals surface area (Å²) in [6.07, 6.45) is 6.12. The minimum Gasteiger partial charge on any atom is -0.481 e. The molecule has 0 bridgehead atoms. The van der Waals surface area contributed by atoms with E-state index in [0.29, 0.717) is 5.92 Å². The molecule has 1 unspecified atom stereocenters. The van der Waals surface area contributed by atoms with Crippen LogP contribution in [0.2, 0.25) is 0 Å². The Balaban J connectivity index is 2.48. The highest BCUT2D eigenvalue weighted by molar-refractivity contribution is 5.70. The van der Waals surface area contributed by atoms with E-state index in [-0.39, 0.29) is 11.5 Å². The molecule has 0 spiro atoms.